The van der Waals surface area contributed by atoms with Crippen molar-refractivity contribution >= 4 is 19.5 Å². The van der Waals surface area contributed by atoms with Crippen LogP contribution in [0.25, 0.3) is 0 Å². The van der Waals surface area contributed by atoms with E-state index in [4.69, 9.17) is 10.3 Å². The highest BCUT2D eigenvalue weighted by Gasteiger charge is 2.38. The third kappa shape index (κ3) is 10.0. The molecule has 1 amide bonds. The number of carboxylic acids is 1. The lowest BCUT2D eigenvalue weighted by Crippen LogP contribution is -2.38. The highest BCUT2D eigenvalue weighted by Crippen LogP contribution is 2.50. The smallest absolute Gasteiger partial charge is 0.351 e. The summed E-state index contributed by atoms with van der Waals surface area (Å²) in [7, 11) is -4.41. The maximum atomic E-state index is 12.8. The number of hydrogen-bond donors (Lipinski definition) is 4. The molecule has 3 atom stereocenters. The number of aryl methyl sites for hydroxylation is 1. The van der Waals surface area contributed by atoms with Gasteiger partial charge in [0.1, 0.15) is 5.78 Å². The monoisotopic (exact) mass is 430 g/mol. The molecular weight excluding hydrogens is 395 g/mol. The van der Waals surface area contributed by atoms with Crippen LogP contribution in [-0.4, -0.2) is 40.3 Å². The number of aliphatic carboxylic acids is 1. The second-order valence-corrected chi connectivity index (χ2v) is 9.44. The fourth-order valence-corrected chi connectivity index (χ4v) is 4.53. The molecule has 0 fully saturated rings. The summed E-state index contributed by atoms with van der Waals surface area (Å²) in [5.74, 6) is -2.86. The van der Waals surface area contributed by atoms with Crippen LogP contribution in [-0.2, 0) is 25.1 Å². The van der Waals surface area contributed by atoms with Crippen molar-refractivity contribution < 1.29 is 30.1 Å². The number of carboxylic acid groups (broad SMARTS) is 1. The number of unbranched alkanes of at least 4 members (excludes halogenated alkanes) is 1. The number of nitrogens with two attached hydrogens (primary N) is 1. The van der Waals surface area contributed by atoms with Gasteiger partial charge in [-0.25, -0.2) is 4.79 Å². The molecule has 0 saturated carbocycles. The van der Waals surface area contributed by atoms with Gasteiger partial charge in [-0.2, -0.15) is 0 Å². The van der Waals surface area contributed by atoms with Gasteiger partial charge in [0.15, 0.2) is 6.10 Å². The van der Waals surface area contributed by atoms with Gasteiger partial charge < -0.3 is 21.1 Å². The summed E-state index contributed by atoms with van der Waals surface area (Å²) in [5, 5.41) is 11.9. The van der Waals surface area contributed by atoms with E-state index in [-0.39, 0.29) is 32.5 Å². The molecule has 0 aliphatic carbocycles. The summed E-state index contributed by atoms with van der Waals surface area (Å²) < 4.78 is 18.0. The third-order valence-electron chi connectivity index (χ3n) is 4.37. The van der Waals surface area contributed by atoms with Crippen molar-refractivity contribution in [1.29, 1.82) is 0 Å². The second kappa shape index (κ2) is 12.8. The molecule has 1 aromatic rings. The van der Waals surface area contributed by atoms with Gasteiger partial charge in [-0.3, -0.25) is 13.9 Å². The molecule has 0 spiro atoms. The normalized spacial score (nSPS) is 15.5. The van der Waals surface area contributed by atoms with Gasteiger partial charge in [-0.15, -0.1) is 0 Å². The Morgan fingerprint density at radius 3 is 2.45 bits per heavy atom. The van der Waals surface area contributed by atoms with Crippen molar-refractivity contribution in [1.82, 2.24) is 5.32 Å². The fraction of sp³-hybridized carbons (Fsp3) is 0.600. The molecule has 0 aliphatic heterocycles. The van der Waals surface area contributed by atoms with Crippen LogP contribution in [0.4, 0.5) is 0 Å². The highest BCUT2D eigenvalue weighted by molar-refractivity contribution is 7.53. The standard InChI is InChI=1S/C20H33N2O6P.H2/c1-15(2)14-19(22-18(23)12-11-16-8-4-3-5-9-16)29(26,27)28-17(20(24)25)10-6-7-13-21;/h3-5,8-9,15,17,19H,6-7,10-14,21H2,1-2H3,(H,22,23)(H,24,25)(H,26,27);1H. The van der Waals surface area contributed by atoms with E-state index >= 15 is 0 Å². The summed E-state index contributed by atoms with van der Waals surface area (Å²) in [4.78, 5) is 34.2. The van der Waals surface area contributed by atoms with Gasteiger partial charge >= 0.3 is 13.6 Å². The Kier molecular flexibility index (Phi) is 11.1. The topological polar surface area (TPSA) is 139 Å². The van der Waals surface area contributed by atoms with Crippen LogP contribution in [0.2, 0.25) is 0 Å². The minimum absolute atomic E-state index is 0. The Morgan fingerprint density at radius 2 is 1.90 bits per heavy atom. The van der Waals surface area contributed by atoms with E-state index in [0.717, 1.165) is 5.56 Å². The van der Waals surface area contributed by atoms with Crippen LogP contribution in [0.1, 0.15) is 52.9 Å². The average Bonchev–Trinajstić information content (AvgIpc) is 2.65. The molecule has 0 heterocycles. The number of benzene rings is 1. The number of rotatable bonds is 14. The molecule has 1 rings (SSSR count). The Morgan fingerprint density at radius 1 is 1.24 bits per heavy atom. The zero-order chi connectivity index (χ0) is 21.9. The number of carbonyl (C=O) groups is 2. The molecule has 0 bridgehead atoms. The summed E-state index contributed by atoms with van der Waals surface area (Å²) in [6, 6.07) is 9.44. The number of carbonyl (C=O) groups excluding carboxylic acids is 1. The molecule has 5 N–H and O–H groups in total. The van der Waals surface area contributed by atoms with Gasteiger partial charge in [0.25, 0.3) is 0 Å². The van der Waals surface area contributed by atoms with Crippen molar-refractivity contribution in [3.05, 3.63) is 35.9 Å². The van der Waals surface area contributed by atoms with Gasteiger partial charge in [0, 0.05) is 7.85 Å². The predicted molar refractivity (Wildman–Crippen MR) is 114 cm³/mol. The van der Waals surface area contributed by atoms with E-state index in [1.807, 2.05) is 44.2 Å². The molecule has 0 aliphatic rings. The first-order valence-corrected chi connectivity index (χ1v) is 11.6. The minimum atomic E-state index is -4.41. The Balaban J connectivity index is 0.00000841. The molecule has 0 aromatic heterocycles. The quantitative estimate of drug-likeness (QED) is 0.263. The van der Waals surface area contributed by atoms with E-state index in [1.165, 1.54) is 0 Å². The van der Waals surface area contributed by atoms with Gasteiger partial charge in [0.2, 0.25) is 5.91 Å². The average molecular weight is 430 g/mol. The summed E-state index contributed by atoms with van der Waals surface area (Å²) >= 11 is 0. The van der Waals surface area contributed by atoms with Gasteiger partial charge in [-0.05, 0) is 50.1 Å². The molecule has 166 valence electrons. The highest BCUT2D eigenvalue weighted by atomic mass is 31.2. The molecular formula is C20H35N2O6P. The zero-order valence-electron chi connectivity index (χ0n) is 17.1. The van der Waals surface area contributed by atoms with E-state index in [0.29, 0.717) is 25.8 Å². The van der Waals surface area contributed by atoms with Crippen molar-refractivity contribution in [3.8, 4) is 0 Å². The maximum absolute atomic E-state index is 12.8. The van der Waals surface area contributed by atoms with E-state index < -0.39 is 25.5 Å². The summed E-state index contributed by atoms with van der Waals surface area (Å²) in [5.41, 5.74) is 6.39. The fourth-order valence-electron chi connectivity index (χ4n) is 2.83. The van der Waals surface area contributed by atoms with Crippen LogP contribution < -0.4 is 11.1 Å². The minimum Gasteiger partial charge on any atom is -0.479 e. The molecule has 9 heteroatoms. The first-order valence-electron chi connectivity index (χ1n) is 9.92. The maximum Gasteiger partial charge on any atom is 0.351 e. The van der Waals surface area contributed by atoms with Crippen molar-refractivity contribution in [3.63, 3.8) is 0 Å². The molecule has 3 unspecified atom stereocenters. The zero-order valence-corrected chi connectivity index (χ0v) is 18.0. The van der Waals surface area contributed by atoms with E-state index in [2.05, 4.69) is 5.32 Å². The van der Waals surface area contributed by atoms with Crippen molar-refractivity contribution in [2.45, 2.75) is 64.3 Å². The van der Waals surface area contributed by atoms with Crippen LogP contribution in [0.15, 0.2) is 30.3 Å². The second-order valence-electron chi connectivity index (χ2n) is 7.48. The van der Waals surface area contributed by atoms with E-state index in [1.54, 1.807) is 0 Å². The molecule has 0 radical (unpaired) electrons. The number of nitrogens with one attached hydrogen (secondary N) is 1. The molecule has 29 heavy (non-hydrogen) atoms. The van der Waals surface area contributed by atoms with E-state index in [9.17, 15) is 24.2 Å². The Bertz CT molecular complexity index is 689. The first kappa shape index (κ1) is 25.3. The lowest BCUT2D eigenvalue weighted by atomic mass is 10.1. The summed E-state index contributed by atoms with van der Waals surface area (Å²) in [6.45, 7) is 4.09. The lowest BCUT2D eigenvalue weighted by Gasteiger charge is -2.27. The SMILES string of the molecule is CC(C)CC(NC(=O)CCc1ccccc1)P(=O)(O)OC(CCCCN)C(=O)O.[HH]. The predicted octanol–water partition coefficient (Wildman–Crippen LogP) is 3.14. The first-order chi connectivity index (χ1) is 13.7. The largest absolute Gasteiger partial charge is 0.479 e. The Labute approximate surface area is 173 Å². The molecule has 1 aromatic carbocycles. The Hall–Kier alpha value is -1.73. The van der Waals surface area contributed by atoms with Crippen LogP contribution in [0.3, 0.4) is 0 Å². The lowest BCUT2D eigenvalue weighted by molar-refractivity contribution is -0.145. The number of amides is 1. The number of hydrogen-bond acceptors (Lipinski definition) is 5. The third-order valence-corrected chi connectivity index (χ3v) is 6.06. The molecule has 0 saturated heterocycles. The van der Waals surface area contributed by atoms with Crippen LogP contribution >= 0.6 is 7.60 Å². The van der Waals surface area contributed by atoms with Gasteiger partial charge in [-0.1, -0.05) is 44.2 Å². The van der Waals surface area contributed by atoms with Crippen molar-refractivity contribution in [2.24, 2.45) is 11.7 Å². The van der Waals surface area contributed by atoms with Gasteiger partial charge in [0.05, 0.1) is 0 Å². The van der Waals surface area contributed by atoms with Crippen LogP contribution in [0.5, 0.6) is 0 Å². The summed E-state index contributed by atoms with van der Waals surface area (Å²) in [6.07, 6.45) is 0.549. The van der Waals surface area contributed by atoms with Crippen LogP contribution in [0, 0.1) is 5.92 Å². The molecule has 8 nitrogen and oxygen atoms in total. The van der Waals surface area contributed by atoms with Crippen molar-refractivity contribution in [2.75, 3.05) is 6.54 Å².